The molecule has 2 unspecified atom stereocenters. The third-order valence-electron chi connectivity index (χ3n) is 16.1. The smallest absolute Gasteiger partial charge is 0.305 e. The maximum atomic E-state index is 12.5. The Morgan fingerprint density at radius 2 is 0.635 bits per heavy atom. The van der Waals surface area contributed by atoms with Crippen molar-refractivity contribution in [2.24, 2.45) is 0 Å². The van der Waals surface area contributed by atoms with E-state index in [-0.39, 0.29) is 18.5 Å². The number of carbonyl (C=O) groups excluding carboxylic acids is 2. The molecule has 0 aliphatic heterocycles. The molecule has 3 N–H and O–H groups in total. The molecule has 74 heavy (non-hydrogen) atoms. The van der Waals surface area contributed by atoms with Gasteiger partial charge < -0.3 is 20.3 Å². The molecule has 6 heteroatoms. The molecule has 0 aliphatic rings. The van der Waals surface area contributed by atoms with E-state index in [9.17, 15) is 19.8 Å². The van der Waals surface area contributed by atoms with Gasteiger partial charge in [-0.1, -0.05) is 334 Å². The third-order valence-corrected chi connectivity index (χ3v) is 16.1. The maximum Gasteiger partial charge on any atom is 0.305 e. The predicted molar refractivity (Wildman–Crippen MR) is 324 cm³/mol. The molecule has 0 fully saturated rings. The highest BCUT2D eigenvalue weighted by Gasteiger charge is 2.20. The first kappa shape index (κ1) is 72.6. The Hall–Kier alpha value is -1.40. The first-order valence-electron chi connectivity index (χ1n) is 33.9. The summed E-state index contributed by atoms with van der Waals surface area (Å²) in [5.41, 5.74) is 0. The van der Waals surface area contributed by atoms with Gasteiger partial charge in [0, 0.05) is 12.8 Å². The van der Waals surface area contributed by atoms with Crippen molar-refractivity contribution >= 4 is 11.9 Å². The first-order chi connectivity index (χ1) is 36.5. The van der Waals surface area contributed by atoms with Crippen molar-refractivity contribution in [1.29, 1.82) is 0 Å². The van der Waals surface area contributed by atoms with Gasteiger partial charge >= 0.3 is 5.97 Å². The van der Waals surface area contributed by atoms with Crippen LogP contribution < -0.4 is 5.32 Å². The van der Waals surface area contributed by atoms with E-state index in [1.807, 2.05) is 0 Å². The number of aliphatic hydroxyl groups excluding tert-OH is 2. The summed E-state index contributed by atoms with van der Waals surface area (Å²) < 4.78 is 5.47. The molecule has 0 aromatic carbocycles. The van der Waals surface area contributed by atoms with Crippen LogP contribution in [0.3, 0.4) is 0 Å². The van der Waals surface area contributed by atoms with Gasteiger partial charge in [0.15, 0.2) is 0 Å². The molecule has 0 spiro atoms. The predicted octanol–water partition coefficient (Wildman–Crippen LogP) is 21.6. The van der Waals surface area contributed by atoms with Gasteiger partial charge in [-0.3, -0.25) is 9.59 Å². The summed E-state index contributed by atoms with van der Waals surface area (Å²) in [6.45, 7) is 4.96. The molecule has 0 aromatic heterocycles. The Bertz CT molecular complexity index is 1110. The third kappa shape index (κ3) is 59.8. The van der Waals surface area contributed by atoms with E-state index in [2.05, 4.69) is 31.3 Å². The van der Waals surface area contributed by atoms with Crippen LogP contribution in [0.2, 0.25) is 0 Å². The van der Waals surface area contributed by atoms with E-state index in [4.69, 9.17) is 4.74 Å². The number of unbranched alkanes of at least 4 members (excludes halogenated alkanes) is 51. The minimum absolute atomic E-state index is 0.0101. The van der Waals surface area contributed by atoms with Crippen molar-refractivity contribution in [3.63, 3.8) is 0 Å². The number of aliphatic hydroxyl groups is 2. The van der Waals surface area contributed by atoms with E-state index < -0.39 is 12.1 Å². The monoisotopic (exact) mass is 1040 g/mol. The van der Waals surface area contributed by atoms with Crippen LogP contribution in [0.25, 0.3) is 0 Å². The van der Waals surface area contributed by atoms with Gasteiger partial charge in [0.05, 0.1) is 25.4 Å². The highest BCUT2D eigenvalue weighted by atomic mass is 16.5. The number of carbonyl (C=O) groups is 2. The van der Waals surface area contributed by atoms with Gasteiger partial charge in [0.2, 0.25) is 5.91 Å². The molecule has 0 saturated heterocycles. The molecular formula is C68H133NO5. The SMILES string of the molecule is CCCCC/C=C\CCCCCCCC(=O)OCCCCCCCCCCCCCCCCCCCCCCCCCCCCCCCC(=O)NC(CO)C(O)CCCCCCCCCCCCCCCCCC. The Kier molecular flexibility index (Phi) is 62.9. The van der Waals surface area contributed by atoms with E-state index in [1.54, 1.807) is 0 Å². The molecular weight excluding hydrogens is 911 g/mol. The zero-order valence-electron chi connectivity index (χ0n) is 50.4. The fourth-order valence-corrected chi connectivity index (χ4v) is 10.9. The van der Waals surface area contributed by atoms with Crippen LogP contribution in [-0.4, -0.2) is 47.4 Å². The molecule has 0 aromatic rings. The van der Waals surface area contributed by atoms with Crippen LogP contribution in [0.4, 0.5) is 0 Å². The largest absolute Gasteiger partial charge is 0.466 e. The Balaban J connectivity index is 3.33. The highest BCUT2D eigenvalue weighted by molar-refractivity contribution is 5.76. The lowest BCUT2D eigenvalue weighted by atomic mass is 10.0. The number of amides is 1. The van der Waals surface area contributed by atoms with Crippen molar-refractivity contribution in [1.82, 2.24) is 5.32 Å². The van der Waals surface area contributed by atoms with Crippen LogP contribution >= 0.6 is 0 Å². The van der Waals surface area contributed by atoms with E-state index >= 15 is 0 Å². The quantitative estimate of drug-likeness (QED) is 0.0320. The van der Waals surface area contributed by atoms with Crippen LogP contribution in [-0.2, 0) is 14.3 Å². The topological polar surface area (TPSA) is 95.9 Å². The lowest BCUT2D eigenvalue weighted by Crippen LogP contribution is -2.45. The fraction of sp³-hybridized carbons (Fsp3) is 0.941. The number of hydrogen-bond acceptors (Lipinski definition) is 5. The van der Waals surface area contributed by atoms with Crippen molar-refractivity contribution in [3.05, 3.63) is 12.2 Å². The van der Waals surface area contributed by atoms with Crippen LogP contribution in [0.15, 0.2) is 12.2 Å². The molecule has 0 aliphatic carbocycles. The Morgan fingerprint density at radius 3 is 0.986 bits per heavy atom. The lowest BCUT2D eigenvalue weighted by molar-refractivity contribution is -0.143. The standard InChI is InChI=1S/C68H133NO5/c1-3-5-7-9-11-13-15-17-18-34-37-40-44-48-52-56-60-66(71)65(64-70)69-67(72)61-57-53-49-45-41-38-35-32-30-28-26-24-22-20-19-21-23-25-27-29-31-33-36-39-43-47-51-55-59-63-74-68(73)62-58-54-50-46-42-16-14-12-10-8-6-4-2/h12,14,65-66,70-71H,3-11,13,15-64H2,1-2H3,(H,69,72)/b14-12-. The van der Waals surface area contributed by atoms with Gasteiger partial charge in [-0.2, -0.15) is 0 Å². The molecule has 440 valence electrons. The fourth-order valence-electron chi connectivity index (χ4n) is 10.9. The Morgan fingerprint density at radius 1 is 0.365 bits per heavy atom. The number of rotatable bonds is 64. The van der Waals surface area contributed by atoms with Gasteiger partial charge in [-0.05, 0) is 51.4 Å². The number of nitrogens with one attached hydrogen (secondary N) is 1. The molecule has 0 bridgehead atoms. The summed E-state index contributed by atoms with van der Waals surface area (Å²) in [6, 6.07) is -0.538. The normalized spacial score (nSPS) is 12.5. The van der Waals surface area contributed by atoms with Gasteiger partial charge in [0.1, 0.15) is 0 Å². The van der Waals surface area contributed by atoms with Crippen LogP contribution in [0, 0.1) is 0 Å². The van der Waals surface area contributed by atoms with Crippen molar-refractivity contribution < 1.29 is 24.5 Å². The summed E-state index contributed by atoms with van der Waals surface area (Å²) in [7, 11) is 0. The molecule has 0 rings (SSSR count). The number of ether oxygens (including phenoxy) is 1. The molecule has 0 saturated carbocycles. The number of allylic oxidation sites excluding steroid dienone is 2. The average Bonchev–Trinajstić information content (AvgIpc) is 3.40. The summed E-state index contributed by atoms with van der Waals surface area (Å²) in [5.74, 6) is -0.0179. The zero-order chi connectivity index (χ0) is 53.6. The van der Waals surface area contributed by atoms with E-state index in [1.165, 1.54) is 308 Å². The molecule has 6 nitrogen and oxygen atoms in total. The number of esters is 1. The maximum absolute atomic E-state index is 12.5. The second-order valence-electron chi connectivity index (χ2n) is 23.5. The minimum Gasteiger partial charge on any atom is -0.466 e. The Labute approximate surface area is 463 Å². The summed E-state index contributed by atoms with van der Waals surface area (Å²) in [5, 5.41) is 23.3. The summed E-state index contributed by atoms with van der Waals surface area (Å²) in [4.78, 5) is 24.5. The number of hydrogen-bond donors (Lipinski definition) is 3. The first-order valence-corrected chi connectivity index (χ1v) is 33.9. The van der Waals surface area contributed by atoms with E-state index in [0.29, 0.717) is 25.9 Å². The second kappa shape index (κ2) is 64.1. The van der Waals surface area contributed by atoms with Gasteiger partial charge in [0.25, 0.3) is 0 Å². The summed E-state index contributed by atoms with van der Waals surface area (Å²) in [6.07, 6.45) is 78.2. The molecule has 0 radical (unpaired) electrons. The minimum atomic E-state index is -0.661. The van der Waals surface area contributed by atoms with Crippen LogP contribution in [0.1, 0.15) is 386 Å². The van der Waals surface area contributed by atoms with Crippen molar-refractivity contribution in [2.75, 3.05) is 13.2 Å². The van der Waals surface area contributed by atoms with Crippen molar-refractivity contribution in [3.8, 4) is 0 Å². The molecule has 0 heterocycles. The molecule has 1 amide bonds. The zero-order valence-corrected chi connectivity index (χ0v) is 50.4. The van der Waals surface area contributed by atoms with Crippen LogP contribution in [0.5, 0.6) is 0 Å². The van der Waals surface area contributed by atoms with Gasteiger partial charge in [-0.15, -0.1) is 0 Å². The summed E-state index contributed by atoms with van der Waals surface area (Å²) >= 11 is 0. The van der Waals surface area contributed by atoms with Gasteiger partial charge in [-0.25, -0.2) is 0 Å². The van der Waals surface area contributed by atoms with E-state index in [0.717, 1.165) is 44.9 Å². The molecule has 2 atom stereocenters. The average molecular weight is 1040 g/mol. The highest BCUT2D eigenvalue weighted by Crippen LogP contribution is 2.19. The van der Waals surface area contributed by atoms with Crippen molar-refractivity contribution in [2.45, 2.75) is 398 Å². The second-order valence-corrected chi connectivity index (χ2v) is 23.5. The lowest BCUT2D eigenvalue weighted by Gasteiger charge is -2.22.